The molecule has 0 bridgehead atoms. The van der Waals surface area contributed by atoms with Gasteiger partial charge in [0.25, 0.3) is 0 Å². The number of fused-ring (bicyclic) bond motifs is 1. The maximum atomic E-state index is 3.50. The first kappa shape index (κ1) is 11.7. The molecule has 0 aromatic heterocycles. The van der Waals surface area contributed by atoms with Crippen molar-refractivity contribution in [3.63, 3.8) is 0 Å². The summed E-state index contributed by atoms with van der Waals surface area (Å²) < 4.78 is 0. The molecule has 1 heteroatoms. The normalized spacial score (nSPS) is 25.0. The van der Waals surface area contributed by atoms with Crippen LogP contribution in [0.15, 0.2) is 12.1 Å². The van der Waals surface area contributed by atoms with E-state index in [-0.39, 0.29) is 0 Å². The first-order valence-corrected chi connectivity index (χ1v) is 6.39. The molecule has 1 aliphatic rings. The molecule has 1 nitrogen and oxygen atoms in total. The third-order valence-electron chi connectivity index (χ3n) is 4.03. The summed E-state index contributed by atoms with van der Waals surface area (Å²) in [6, 6.07) is 5.10. The van der Waals surface area contributed by atoms with E-state index in [4.69, 9.17) is 0 Å². The van der Waals surface area contributed by atoms with Crippen molar-refractivity contribution in [3.8, 4) is 0 Å². The van der Waals surface area contributed by atoms with Crippen LogP contribution in [0.5, 0.6) is 0 Å². The monoisotopic (exact) mass is 217 g/mol. The van der Waals surface area contributed by atoms with Crippen molar-refractivity contribution in [2.75, 3.05) is 7.05 Å². The number of rotatable bonds is 1. The predicted octanol–water partition coefficient (Wildman–Crippen LogP) is 3.54. The summed E-state index contributed by atoms with van der Waals surface area (Å²) in [5, 5.41) is 3.50. The highest BCUT2D eigenvalue weighted by molar-refractivity contribution is 5.43. The van der Waals surface area contributed by atoms with E-state index < -0.39 is 0 Å². The molecule has 1 N–H and O–H groups in total. The van der Waals surface area contributed by atoms with Crippen molar-refractivity contribution in [1.82, 2.24) is 5.32 Å². The molecule has 0 saturated heterocycles. The molecule has 0 spiro atoms. The third-order valence-corrected chi connectivity index (χ3v) is 4.03. The van der Waals surface area contributed by atoms with Gasteiger partial charge in [-0.05, 0) is 68.3 Å². The minimum atomic E-state index is 0.549. The molecule has 0 radical (unpaired) electrons. The van der Waals surface area contributed by atoms with Gasteiger partial charge in [-0.25, -0.2) is 0 Å². The molecule has 16 heavy (non-hydrogen) atoms. The van der Waals surface area contributed by atoms with Crippen LogP contribution >= 0.6 is 0 Å². The molecular weight excluding hydrogens is 194 g/mol. The molecule has 88 valence electrons. The molecule has 2 unspecified atom stereocenters. The minimum absolute atomic E-state index is 0.549. The van der Waals surface area contributed by atoms with Crippen molar-refractivity contribution in [3.05, 3.63) is 34.4 Å². The van der Waals surface area contributed by atoms with E-state index in [1.807, 2.05) is 0 Å². The number of hydrogen-bond donors (Lipinski definition) is 1. The lowest BCUT2D eigenvalue weighted by Crippen LogP contribution is -2.19. The van der Waals surface area contributed by atoms with Crippen molar-refractivity contribution >= 4 is 0 Å². The summed E-state index contributed by atoms with van der Waals surface area (Å²) in [6.07, 6.45) is 3.85. The zero-order valence-electron chi connectivity index (χ0n) is 10.9. The Kier molecular flexibility index (Phi) is 3.34. The van der Waals surface area contributed by atoms with Crippen LogP contribution < -0.4 is 5.32 Å². The number of nitrogens with one attached hydrogen (secondary N) is 1. The molecule has 0 fully saturated rings. The zero-order chi connectivity index (χ0) is 11.7. The summed E-state index contributed by atoms with van der Waals surface area (Å²) in [6.45, 7) is 6.88. The second kappa shape index (κ2) is 4.58. The van der Waals surface area contributed by atoms with Gasteiger partial charge in [0.1, 0.15) is 0 Å². The number of aryl methyl sites for hydroxylation is 2. The van der Waals surface area contributed by atoms with Gasteiger partial charge >= 0.3 is 0 Å². The van der Waals surface area contributed by atoms with Crippen LogP contribution in [-0.2, 0) is 6.42 Å². The summed E-state index contributed by atoms with van der Waals surface area (Å²) in [4.78, 5) is 0. The Labute approximate surface area is 99.3 Å². The summed E-state index contributed by atoms with van der Waals surface area (Å²) >= 11 is 0. The molecule has 1 aliphatic carbocycles. The Hall–Kier alpha value is -0.820. The average Bonchev–Trinajstić information content (AvgIpc) is 2.44. The lowest BCUT2D eigenvalue weighted by Gasteiger charge is -2.22. The van der Waals surface area contributed by atoms with Gasteiger partial charge in [-0.1, -0.05) is 19.1 Å². The van der Waals surface area contributed by atoms with Crippen molar-refractivity contribution in [2.24, 2.45) is 5.92 Å². The van der Waals surface area contributed by atoms with Crippen LogP contribution in [0.2, 0.25) is 0 Å². The lowest BCUT2D eigenvalue weighted by molar-refractivity contribution is 0.427. The largest absolute Gasteiger partial charge is 0.313 e. The quantitative estimate of drug-likeness (QED) is 0.710. The van der Waals surface area contributed by atoms with E-state index in [1.54, 1.807) is 11.1 Å². The highest BCUT2D eigenvalue weighted by atomic mass is 14.9. The SMILES string of the molecule is CNC1CC(C)CCc2c(C)ccc(C)c21. The lowest BCUT2D eigenvalue weighted by atomic mass is 9.91. The van der Waals surface area contributed by atoms with Gasteiger partial charge in [0.15, 0.2) is 0 Å². The highest BCUT2D eigenvalue weighted by Crippen LogP contribution is 2.35. The topological polar surface area (TPSA) is 12.0 Å². The van der Waals surface area contributed by atoms with Crippen LogP contribution in [0.1, 0.15) is 48.1 Å². The molecule has 0 amide bonds. The Morgan fingerprint density at radius 2 is 1.88 bits per heavy atom. The smallest absolute Gasteiger partial charge is 0.0325 e. The van der Waals surface area contributed by atoms with Gasteiger partial charge in [-0.2, -0.15) is 0 Å². The zero-order valence-corrected chi connectivity index (χ0v) is 10.9. The van der Waals surface area contributed by atoms with E-state index in [0.717, 1.165) is 5.92 Å². The van der Waals surface area contributed by atoms with Crippen LogP contribution in [0, 0.1) is 19.8 Å². The minimum Gasteiger partial charge on any atom is -0.313 e. The van der Waals surface area contributed by atoms with Crippen LogP contribution in [0.4, 0.5) is 0 Å². The number of hydrogen-bond acceptors (Lipinski definition) is 1. The van der Waals surface area contributed by atoms with Crippen LogP contribution in [-0.4, -0.2) is 7.05 Å². The van der Waals surface area contributed by atoms with E-state index in [2.05, 4.69) is 45.3 Å². The fraction of sp³-hybridized carbons (Fsp3) is 0.600. The van der Waals surface area contributed by atoms with E-state index in [9.17, 15) is 0 Å². The second-order valence-corrected chi connectivity index (χ2v) is 5.31. The van der Waals surface area contributed by atoms with Gasteiger partial charge in [0, 0.05) is 6.04 Å². The van der Waals surface area contributed by atoms with Gasteiger partial charge in [0.2, 0.25) is 0 Å². The fourth-order valence-corrected chi connectivity index (χ4v) is 3.00. The van der Waals surface area contributed by atoms with Gasteiger partial charge in [-0.15, -0.1) is 0 Å². The van der Waals surface area contributed by atoms with Crippen molar-refractivity contribution in [2.45, 2.75) is 46.1 Å². The van der Waals surface area contributed by atoms with Crippen molar-refractivity contribution in [1.29, 1.82) is 0 Å². The Balaban J connectivity index is 2.52. The maximum Gasteiger partial charge on any atom is 0.0325 e. The summed E-state index contributed by atoms with van der Waals surface area (Å²) in [5.74, 6) is 0.823. The molecule has 0 heterocycles. The van der Waals surface area contributed by atoms with Crippen LogP contribution in [0.3, 0.4) is 0 Å². The Morgan fingerprint density at radius 3 is 2.56 bits per heavy atom. The van der Waals surface area contributed by atoms with Crippen molar-refractivity contribution < 1.29 is 0 Å². The fourth-order valence-electron chi connectivity index (χ4n) is 3.00. The summed E-state index contributed by atoms with van der Waals surface area (Å²) in [7, 11) is 2.09. The Morgan fingerprint density at radius 1 is 1.19 bits per heavy atom. The number of benzene rings is 1. The molecular formula is C15H23N. The molecule has 0 saturated carbocycles. The standard InChI is InChI=1S/C15H23N/c1-10-5-8-13-11(2)6-7-12(3)15(13)14(9-10)16-4/h6-7,10,14,16H,5,8-9H2,1-4H3. The average molecular weight is 217 g/mol. The molecule has 2 atom stereocenters. The Bertz CT molecular complexity index is 381. The first-order chi connectivity index (χ1) is 7.63. The predicted molar refractivity (Wildman–Crippen MR) is 69.8 cm³/mol. The van der Waals surface area contributed by atoms with E-state index in [1.165, 1.54) is 30.4 Å². The first-order valence-electron chi connectivity index (χ1n) is 6.39. The molecule has 1 aromatic carbocycles. The van der Waals surface area contributed by atoms with Gasteiger partial charge < -0.3 is 5.32 Å². The van der Waals surface area contributed by atoms with E-state index in [0.29, 0.717) is 6.04 Å². The van der Waals surface area contributed by atoms with Gasteiger partial charge in [-0.3, -0.25) is 0 Å². The highest BCUT2D eigenvalue weighted by Gasteiger charge is 2.23. The second-order valence-electron chi connectivity index (χ2n) is 5.31. The summed E-state index contributed by atoms with van der Waals surface area (Å²) in [5.41, 5.74) is 6.10. The van der Waals surface area contributed by atoms with Crippen LogP contribution in [0.25, 0.3) is 0 Å². The third kappa shape index (κ3) is 2.01. The van der Waals surface area contributed by atoms with Gasteiger partial charge in [0.05, 0.1) is 0 Å². The molecule has 1 aromatic rings. The van der Waals surface area contributed by atoms with E-state index >= 15 is 0 Å². The molecule has 0 aliphatic heterocycles. The maximum absolute atomic E-state index is 3.50. The molecule has 2 rings (SSSR count).